The standard InChI is InChI=1S/C11H6Cl2F2OS/c12-9-4-7(11(13)17-9)10(16)6-2-1-5(14)3-8(6)15/h1-4,10,16H. The largest absolute Gasteiger partial charge is 0.383 e. The fourth-order valence-electron chi connectivity index (χ4n) is 1.43. The summed E-state index contributed by atoms with van der Waals surface area (Å²) in [6, 6.07) is 4.42. The Balaban J connectivity index is 2.43. The van der Waals surface area contributed by atoms with Gasteiger partial charge in [-0.25, -0.2) is 8.78 Å². The number of hydrogen-bond donors (Lipinski definition) is 1. The summed E-state index contributed by atoms with van der Waals surface area (Å²) in [6.45, 7) is 0. The van der Waals surface area contributed by atoms with E-state index in [1.54, 1.807) is 0 Å². The molecule has 1 unspecified atom stereocenters. The third-order valence-electron chi connectivity index (χ3n) is 2.23. The van der Waals surface area contributed by atoms with E-state index < -0.39 is 17.7 Å². The Morgan fingerprint density at radius 3 is 2.35 bits per heavy atom. The van der Waals surface area contributed by atoms with Crippen molar-refractivity contribution in [3.05, 3.63) is 55.7 Å². The van der Waals surface area contributed by atoms with Crippen molar-refractivity contribution in [3.8, 4) is 0 Å². The molecular weight excluding hydrogens is 289 g/mol. The predicted molar refractivity (Wildman–Crippen MR) is 64.8 cm³/mol. The predicted octanol–water partition coefficient (Wildman–Crippen LogP) is 4.41. The van der Waals surface area contributed by atoms with Crippen LogP contribution >= 0.6 is 34.5 Å². The minimum atomic E-state index is -1.26. The lowest BCUT2D eigenvalue weighted by Gasteiger charge is -2.11. The maximum Gasteiger partial charge on any atom is 0.132 e. The van der Waals surface area contributed by atoms with E-state index in [4.69, 9.17) is 23.2 Å². The molecule has 1 aromatic heterocycles. The van der Waals surface area contributed by atoms with Crippen molar-refractivity contribution in [3.63, 3.8) is 0 Å². The Hall–Kier alpha value is -0.680. The highest BCUT2D eigenvalue weighted by molar-refractivity contribution is 7.20. The van der Waals surface area contributed by atoms with Crippen LogP contribution in [0.2, 0.25) is 8.67 Å². The zero-order valence-corrected chi connectivity index (χ0v) is 10.6. The summed E-state index contributed by atoms with van der Waals surface area (Å²) in [5, 5.41) is 9.96. The van der Waals surface area contributed by atoms with E-state index in [1.807, 2.05) is 0 Å². The van der Waals surface area contributed by atoms with Crippen LogP contribution in [0.5, 0.6) is 0 Å². The van der Waals surface area contributed by atoms with Crippen molar-refractivity contribution in [2.75, 3.05) is 0 Å². The van der Waals surface area contributed by atoms with Crippen molar-refractivity contribution >= 4 is 34.5 Å². The molecule has 0 amide bonds. The lowest BCUT2D eigenvalue weighted by Crippen LogP contribution is -2.02. The SMILES string of the molecule is OC(c1ccc(F)cc1F)c1cc(Cl)sc1Cl. The fraction of sp³-hybridized carbons (Fsp3) is 0.0909. The average Bonchev–Trinajstić information content (AvgIpc) is 2.57. The first-order valence-electron chi connectivity index (χ1n) is 4.57. The molecule has 90 valence electrons. The second-order valence-corrected chi connectivity index (χ2v) is 5.63. The molecule has 0 aliphatic heterocycles. The minimum absolute atomic E-state index is 0.0391. The molecule has 2 rings (SSSR count). The first kappa shape index (κ1) is 12.8. The molecule has 1 atom stereocenters. The average molecular weight is 295 g/mol. The molecule has 0 fully saturated rings. The Morgan fingerprint density at radius 2 is 1.82 bits per heavy atom. The van der Waals surface area contributed by atoms with Crippen molar-refractivity contribution in [1.82, 2.24) is 0 Å². The number of benzene rings is 1. The molecule has 1 N–H and O–H groups in total. The topological polar surface area (TPSA) is 20.2 Å². The monoisotopic (exact) mass is 294 g/mol. The first-order chi connectivity index (χ1) is 7.99. The van der Waals surface area contributed by atoms with E-state index in [2.05, 4.69) is 0 Å². The maximum absolute atomic E-state index is 13.5. The molecule has 0 saturated heterocycles. The number of rotatable bonds is 2. The van der Waals surface area contributed by atoms with Crippen LogP contribution in [0, 0.1) is 11.6 Å². The summed E-state index contributed by atoms with van der Waals surface area (Å²) in [6.07, 6.45) is -1.26. The van der Waals surface area contributed by atoms with Gasteiger partial charge in [0.1, 0.15) is 22.1 Å². The second kappa shape index (κ2) is 4.90. The number of hydrogen-bond acceptors (Lipinski definition) is 2. The van der Waals surface area contributed by atoms with Gasteiger partial charge in [-0.05, 0) is 12.1 Å². The van der Waals surface area contributed by atoms with Gasteiger partial charge in [0, 0.05) is 17.2 Å². The van der Waals surface area contributed by atoms with E-state index in [9.17, 15) is 13.9 Å². The third kappa shape index (κ3) is 2.60. The van der Waals surface area contributed by atoms with Gasteiger partial charge in [0.05, 0.1) is 4.34 Å². The molecule has 17 heavy (non-hydrogen) atoms. The molecule has 6 heteroatoms. The highest BCUT2D eigenvalue weighted by atomic mass is 35.5. The van der Waals surface area contributed by atoms with E-state index in [0.717, 1.165) is 17.4 Å². The number of halogens is 4. The van der Waals surface area contributed by atoms with E-state index in [1.165, 1.54) is 12.1 Å². The van der Waals surface area contributed by atoms with E-state index in [0.29, 0.717) is 16.0 Å². The Morgan fingerprint density at radius 1 is 1.12 bits per heavy atom. The van der Waals surface area contributed by atoms with Gasteiger partial charge in [-0.15, -0.1) is 11.3 Å². The summed E-state index contributed by atoms with van der Waals surface area (Å²) < 4.78 is 26.9. The molecule has 0 aliphatic rings. The van der Waals surface area contributed by atoms with Gasteiger partial charge in [-0.3, -0.25) is 0 Å². The molecule has 1 nitrogen and oxygen atoms in total. The normalized spacial score (nSPS) is 12.8. The van der Waals surface area contributed by atoms with Crippen molar-refractivity contribution in [1.29, 1.82) is 0 Å². The van der Waals surface area contributed by atoms with Crippen LogP contribution < -0.4 is 0 Å². The summed E-state index contributed by atoms with van der Waals surface area (Å²) in [7, 11) is 0. The highest BCUT2D eigenvalue weighted by Crippen LogP contribution is 2.37. The van der Waals surface area contributed by atoms with Gasteiger partial charge < -0.3 is 5.11 Å². The van der Waals surface area contributed by atoms with Crippen LogP contribution in [0.15, 0.2) is 24.3 Å². The van der Waals surface area contributed by atoms with E-state index >= 15 is 0 Å². The summed E-state index contributed by atoms with van der Waals surface area (Å²) in [4.78, 5) is 0. The molecule has 0 saturated carbocycles. The van der Waals surface area contributed by atoms with Crippen LogP contribution in [-0.2, 0) is 0 Å². The van der Waals surface area contributed by atoms with Crippen molar-refractivity contribution in [2.24, 2.45) is 0 Å². The summed E-state index contributed by atoms with van der Waals surface area (Å²) >= 11 is 12.7. The number of aliphatic hydroxyl groups is 1. The van der Waals surface area contributed by atoms with Gasteiger partial charge in [-0.1, -0.05) is 29.3 Å². The van der Waals surface area contributed by atoms with Crippen molar-refractivity contribution < 1.29 is 13.9 Å². The minimum Gasteiger partial charge on any atom is -0.383 e. The third-order valence-corrected chi connectivity index (χ3v) is 3.75. The lowest BCUT2D eigenvalue weighted by molar-refractivity contribution is 0.215. The zero-order valence-electron chi connectivity index (χ0n) is 8.25. The smallest absolute Gasteiger partial charge is 0.132 e. The lowest BCUT2D eigenvalue weighted by atomic mass is 10.0. The van der Waals surface area contributed by atoms with Gasteiger partial charge in [-0.2, -0.15) is 0 Å². The van der Waals surface area contributed by atoms with Crippen LogP contribution in [0.25, 0.3) is 0 Å². The zero-order chi connectivity index (χ0) is 12.6. The molecule has 1 aromatic carbocycles. The van der Waals surface area contributed by atoms with Crippen LogP contribution in [0.3, 0.4) is 0 Å². The van der Waals surface area contributed by atoms with Crippen molar-refractivity contribution in [2.45, 2.75) is 6.10 Å². The van der Waals surface area contributed by atoms with Gasteiger partial charge in [0.25, 0.3) is 0 Å². The molecule has 0 spiro atoms. The van der Waals surface area contributed by atoms with Gasteiger partial charge in [0.15, 0.2) is 0 Å². The van der Waals surface area contributed by atoms with Gasteiger partial charge >= 0.3 is 0 Å². The Bertz CT molecular complexity index is 556. The Kier molecular flexibility index (Phi) is 3.68. The number of thiophene rings is 1. The highest BCUT2D eigenvalue weighted by Gasteiger charge is 2.20. The second-order valence-electron chi connectivity index (χ2n) is 3.35. The van der Waals surface area contributed by atoms with Crippen LogP contribution in [0.1, 0.15) is 17.2 Å². The molecule has 0 bridgehead atoms. The Labute approximate surface area is 110 Å². The van der Waals surface area contributed by atoms with E-state index in [-0.39, 0.29) is 9.90 Å². The van der Waals surface area contributed by atoms with Crippen LogP contribution in [0.4, 0.5) is 8.78 Å². The van der Waals surface area contributed by atoms with Crippen LogP contribution in [-0.4, -0.2) is 5.11 Å². The quantitative estimate of drug-likeness (QED) is 0.869. The first-order valence-corrected chi connectivity index (χ1v) is 6.14. The fourth-order valence-corrected chi connectivity index (χ4v) is 2.95. The summed E-state index contributed by atoms with van der Waals surface area (Å²) in [5.41, 5.74) is 0.273. The molecule has 0 aliphatic carbocycles. The molecule has 1 heterocycles. The molecule has 0 radical (unpaired) electrons. The summed E-state index contributed by atoms with van der Waals surface area (Å²) in [5.74, 6) is -1.52. The maximum atomic E-state index is 13.5. The molecule has 2 aromatic rings. The van der Waals surface area contributed by atoms with Gasteiger partial charge in [0.2, 0.25) is 0 Å². The number of aliphatic hydroxyl groups excluding tert-OH is 1. The molecular formula is C11H6Cl2F2OS.